The van der Waals surface area contributed by atoms with Gasteiger partial charge in [0.25, 0.3) is 5.91 Å². The Morgan fingerprint density at radius 1 is 1.10 bits per heavy atom. The van der Waals surface area contributed by atoms with Crippen LogP contribution < -0.4 is 15.4 Å². The average Bonchev–Trinajstić information content (AvgIpc) is 2.72. The number of amides is 2. The molecule has 2 amide bonds. The highest BCUT2D eigenvalue weighted by Crippen LogP contribution is 2.29. The van der Waals surface area contributed by atoms with E-state index in [0.29, 0.717) is 18.6 Å². The van der Waals surface area contributed by atoms with Crippen LogP contribution in [-0.2, 0) is 4.79 Å². The number of nitrogens with zero attached hydrogens (tertiary/aromatic N) is 1. The molecule has 0 unspecified atom stereocenters. The molecule has 152 valence electrons. The highest BCUT2D eigenvalue weighted by atomic mass is 16.5. The Hall–Kier alpha value is -3.33. The minimum absolute atomic E-state index is 0.0861. The van der Waals surface area contributed by atoms with E-state index in [4.69, 9.17) is 10.00 Å². The van der Waals surface area contributed by atoms with Gasteiger partial charge in [-0.1, -0.05) is 44.2 Å². The van der Waals surface area contributed by atoms with Gasteiger partial charge in [-0.15, -0.1) is 0 Å². The maximum Gasteiger partial charge on any atom is 0.251 e. The number of nitriles is 1. The third-order valence-electron chi connectivity index (χ3n) is 4.32. The number of benzene rings is 2. The third kappa shape index (κ3) is 6.35. The smallest absolute Gasteiger partial charge is 0.251 e. The van der Waals surface area contributed by atoms with Gasteiger partial charge in [-0.2, -0.15) is 5.26 Å². The first kappa shape index (κ1) is 22.0. The van der Waals surface area contributed by atoms with Crippen LogP contribution in [0.4, 0.5) is 0 Å². The monoisotopic (exact) mass is 393 g/mol. The molecule has 0 aliphatic rings. The molecule has 2 N–H and O–H groups in total. The quantitative estimate of drug-likeness (QED) is 0.638. The van der Waals surface area contributed by atoms with Gasteiger partial charge >= 0.3 is 0 Å². The Labute approximate surface area is 171 Å². The van der Waals surface area contributed by atoms with Crippen molar-refractivity contribution in [1.82, 2.24) is 10.6 Å². The number of ether oxygens (including phenoxy) is 1. The molecule has 0 fully saturated rings. The van der Waals surface area contributed by atoms with E-state index in [9.17, 15) is 9.59 Å². The highest BCUT2D eigenvalue weighted by Gasteiger charge is 2.22. The van der Waals surface area contributed by atoms with Gasteiger partial charge in [0.2, 0.25) is 5.91 Å². The predicted octanol–water partition coefficient (Wildman–Crippen LogP) is 3.54. The van der Waals surface area contributed by atoms with Crippen molar-refractivity contribution in [1.29, 1.82) is 5.26 Å². The molecule has 0 saturated carbocycles. The standard InChI is InChI=1S/C23H27N3O3/c1-4-29-21-8-6-5-7-19(21)17-9-11-18(12-10-17)22(27)26-20(15-16(2)3)23(28)25-14-13-24/h5-12,16,20H,4,14-15H2,1-3H3,(H,25,28)(H,26,27)/t20-/m0/s1. The van der Waals surface area contributed by atoms with Crippen molar-refractivity contribution in [2.45, 2.75) is 33.2 Å². The van der Waals surface area contributed by atoms with Crippen LogP contribution in [0.15, 0.2) is 48.5 Å². The lowest BCUT2D eigenvalue weighted by molar-refractivity contribution is -0.123. The summed E-state index contributed by atoms with van der Waals surface area (Å²) >= 11 is 0. The molecule has 0 aromatic heterocycles. The van der Waals surface area contributed by atoms with E-state index < -0.39 is 6.04 Å². The lowest BCUT2D eigenvalue weighted by Gasteiger charge is -2.19. The maximum absolute atomic E-state index is 12.7. The Morgan fingerprint density at radius 3 is 2.41 bits per heavy atom. The first-order valence-corrected chi connectivity index (χ1v) is 9.74. The van der Waals surface area contributed by atoms with Gasteiger partial charge in [-0.25, -0.2) is 0 Å². The number of rotatable bonds is 9. The number of para-hydroxylation sites is 1. The van der Waals surface area contributed by atoms with Crippen molar-refractivity contribution in [2.75, 3.05) is 13.2 Å². The van der Waals surface area contributed by atoms with Crippen LogP contribution >= 0.6 is 0 Å². The fourth-order valence-electron chi connectivity index (χ4n) is 2.98. The van der Waals surface area contributed by atoms with Gasteiger partial charge in [-0.05, 0) is 43.0 Å². The molecule has 2 rings (SSSR count). The molecule has 0 aliphatic carbocycles. The van der Waals surface area contributed by atoms with E-state index in [1.165, 1.54) is 0 Å². The van der Waals surface area contributed by atoms with E-state index in [1.807, 2.05) is 63.2 Å². The fraction of sp³-hybridized carbons (Fsp3) is 0.348. The molecule has 6 heteroatoms. The van der Waals surface area contributed by atoms with Gasteiger partial charge in [0.1, 0.15) is 18.3 Å². The molecule has 0 spiro atoms. The number of hydrogen-bond acceptors (Lipinski definition) is 4. The number of nitrogens with one attached hydrogen (secondary N) is 2. The van der Waals surface area contributed by atoms with E-state index >= 15 is 0 Å². The Morgan fingerprint density at radius 2 is 1.79 bits per heavy atom. The molecular weight excluding hydrogens is 366 g/mol. The summed E-state index contributed by atoms with van der Waals surface area (Å²) in [6, 6.07) is 16.1. The molecule has 0 aliphatic heterocycles. The zero-order valence-electron chi connectivity index (χ0n) is 17.1. The molecule has 1 atom stereocenters. The number of hydrogen-bond donors (Lipinski definition) is 2. The lowest BCUT2D eigenvalue weighted by atomic mass is 10.0. The minimum Gasteiger partial charge on any atom is -0.493 e. The molecule has 0 saturated heterocycles. The first-order valence-electron chi connectivity index (χ1n) is 9.74. The summed E-state index contributed by atoms with van der Waals surface area (Å²) in [5, 5.41) is 13.9. The molecule has 29 heavy (non-hydrogen) atoms. The van der Waals surface area contributed by atoms with Gasteiger partial charge in [-0.3, -0.25) is 9.59 Å². The minimum atomic E-state index is -0.686. The number of carbonyl (C=O) groups is 2. The summed E-state index contributed by atoms with van der Waals surface area (Å²) in [4.78, 5) is 24.9. The van der Waals surface area contributed by atoms with Gasteiger partial charge < -0.3 is 15.4 Å². The van der Waals surface area contributed by atoms with Crippen molar-refractivity contribution >= 4 is 11.8 Å². The third-order valence-corrected chi connectivity index (χ3v) is 4.32. The molecule has 0 heterocycles. The zero-order chi connectivity index (χ0) is 21.2. The summed E-state index contributed by atoms with van der Waals surface area (Å²) in [6.07, 6.45) is 0.489. The Balaban J connectivity index is 2.15. The fourth-order valence-corrected chi connectivity index (χ4v) is 2.98. The molecule has 2 aromatic carbocycles. The van der Waals surface area contributed by atoms with Crippen molar-refractivity contribution in [2.24, 2.45) is 5.92 Å². The summed E-state index contributed by atoms with van der Waals surface area (Å²) < 4.78 is 5.67. The van der Waals surface area contributed by atoms with E-state index in [1.54, 1.807) is 12.1 Å². The zero-order valence-corrected chi connectivity index (χ0v) is 17.1. The van der Waals surface area contributed by atoms with Crippen LogP contribution in [0, 0.1) is 17.2 Å². The molecular formula is C23H27N3O3. The predicted molar refractivity (Wildman–Crippen MR) is 112 cm³/mol. The van der Waals surface area contributed by atoms with Gasteiger partial charge in [0, 0.05) is 11.1 Å². The first-order chi connectivity index (χ1) is 14.0. The summed E-state index contributed by atoms with van der Waals surface area (Å²) in [5.41, 5.74) is 2.36. The van der Waals surface area contributed by atoms with Crippen molar-refractivity contribution < 1.29 is 14.3 Å². The summed E-state index contributed by atoms with van der Waals surface area (Å²) in [7, 11) is 0. The van der Waals surface area contributed by atoms with Crippen LogP contribution in [0.3, 0.4) is 0 Å². The van der Waals surface area contributed by atoms with Crippen LogP contribution in [0.5, 0.6) is 5.75 Å². The molecule has 0 bridgehead atoms. The second kappa shape index (κ2) is 10.9. The largest absolute Gasteiger partial charge is 0.493 e. The Kier molecular flexibility index (Phi) is 8.23. The SMILES string of the molecule is CCOc1ccccc1-c1ccc(C(=O)N[C@@H](CC(C)C)C(=O)NCC#N)cc1. The van der Waals surface area contributed by atoms with Crippen molar-refractivity contribution in [3.63, 3.8) is 0 Å². The highest BCUT2D eigenvalue weighted by molar-refractivity contribution is 5.98. The summed E-state index contributed by atoms with van der Waals surface area (Å²) in [6.45, 7) is 6.37. The van der Waals surface area contributed by atoms with Crippen LogP contribution in [-0.4, -0.2) is 31.0 Å². The van der Waals surface area contributed by atoms with E-state index in [0.717, 1.165) is 16.9 Å². The molecule has 0 radical (unpaired) electrons. The second-order valence-corrected chi connectivity index (χ2v) is 7.04. The van der Waals surface area contributed by atoms with Crippen molar-refractivity contribution in [3.8, 4) is 22.9 Å². The van der Waals surface area contributed by atoms with E-state index in [-0.39, 0.29) is 24.3 Å². The molecule has 6 nitrogen and oxygen atoms in total. The van der Waals surface area contributed by atoms with Gasteiger partial charge in [0.15, 0.2) is 0 Å². The average molecular weight is 393 g/mol. The van der Waals surface area contributed by atoms with Gasteiger partial charge in [0.05, 0.1) is 12.7 Å². The maximum atomic E-state index is 12.7. The van der Waals surface area contributed by atoms with Crippen molar-refractivity contribution in [3.05, 3.63) is 54.1 Å². The summed E-state index contributed by atoms with van der Waals surface area (Å²) in [5.74, 6) is 0.326. The van der Waals surface area contributed by atoms with Crippen LogP contribution in [0.1, 0.15) is 37.6 Å². The second-order valence-electron chi connectivity index (χ2n) is 7.04. The molecule has 2 aromatic rings. The van der Waals surface area contributed by atoms with Crippen LogP contribution in [0.2, 0.25) is 0 Å². The van der Waals surface area contributed by atoms with Crippen LogP contribution in [0.25, 0.3) is 11.1 Å². The number of carbonyl (C=O) groups excluding carboxylic acids is 2. The Bertz CT molecular complexity index is 870. The normalized spacial score (nSPS) is 11.4. The lowest BCUT2D eigenvalue weighted by Crippen LogP contribution is -2.47. The topological polar surface area (TPSA) is 91.2 Å². The van der Waals surface area contributed by atoms with E-state index in [2.05, 4.69) is 10.6 Å².